The van der Waals surface area contributed by atoms with Crippen molar-refractivity contribution in [2.75, 3.05) is 5.32 Å². The summed E-state index contributed by atoms with van der Waals surface area (Å²) in [5, 5.41) is 6.22. The quantitative estimate of drug-likeness (QED) is 0.875. The average molecular weight is 323 g/mol. The van der Waals surface area contributed by atoms with Gasteiger partial charge >= 0.3 is 0 Å². The molecule has 7 nitrogen and oxygen atoms in total. The van der Waals surface area contributed by atoms with Crippen molar-refractivity contribution >= 4 is 21.7 Å². The fraction of sp³-hybridized carbons (Fsp3) is 0.286. The molecule has 22 heavy (non-hydrogen) atoms. The molecule has 1 amide bonds. The van der Waals surface area contributed by atoms with Gasteiger partial charge < -0.3 is 9.84 Å². The molecule has 0 aliphatic heterocycles. The second kappa shape index (κ2) is 6.29. The Labute approximate surface area is 128 Å². The minimum Gasteiger partial charge on any atom is -0.360 e. The van der Waals surface area contributed by atoms with Gasteiger partial charge in [-0.05, 0) is 45.0 Å². The van der Waals surface area contributed by atoms with Crippen LogP contribution in [0.1, 0.15) is 30.0 Å². The van der Waals surface area contributed by atoms with Gasteiger partial charge in [-0.15, -0.1) is 0 Å². The van der Waals surface area contributed by atoms with E-state index in [1.807, 2.05) is 0 Å². The van der Waals surface area contributed by atoms with Crippen LogP contribution in [0.25, 0.3) is 0 Å². The van der Waals surface area contributed by atoms with Crippen LogP contribution in [0.4, 0.5) is 5.82 Å². The molecule has 2 rings (SSSR count). The zero-order valence-electron chi connectivity index (χ0n) is 12.5. The maximum atomic E-state index is 12.0. The highest BCUT2D eigenvalue weighted by Gasteiger charge is 2.16. The SMILES string of the molecule is Cc1cc(NC(=O)c2ccc(S(=O)(=O)NC(C)C)cc2)no1. The number of nitrogens with zero attached hydrogens (tertiary/aromatic N) is 1. The minimum absolute atomic E-state index is 0.107. The van der Waals surface area contributed by atoms with E-state index in [-0.39, 0.29) is 10.9 Å². The minimum atomic E-state index is -3.57. The molecular formula is C14H17N3O4S. The molecule has 0 fully saturated rings. The number of rotatable bonds is 5. The van der Waals surface area contributed by atoms with Crippen LogP contribution in [0.5, 0.6) is 0 Å². The van der Waals surface area contributed by atoms with Gasteiger partial charge in [-0.25, -0.2) is 13.1 Å². The summed E-state index contributed by atoms with van der Waals surface area (Å²) in [5.74, 6) is 0.492. The van der Waals surface area contributed by atoms with E-state index in [9.17, 15) is 13.2 Å². The number of benzene rings is 1. The zero-order valence-corrected chi connectivity index (χ0v) is 13.3. The van der Waals surface area contributed by atoms with E-state index in [1.54, 1.807) is 26.8 Å². The van der Waals surface area contributed by atoms with Gasteiger partial charge in [-0.3, -0.25) is 4.79 Å². The van der Waals surface area contributed by atoms with Crippen LogP contribution < -0.4 is 10.0 Å². The van der Waals surface area contributed by atoms with E-state index in [0.717, 1.165) is 0 Å². The monoisotopic (exact) mass is 323 g/mol. The molecule has 1 heterocycles. The van der Waals surface area contributed by atoms with E-state index >= 15 is 0 Å². The number of aryl methyl sites for hydroxylation is 1. The van der Waals surface area contributed by atoms with Crippen molar-refractivity contribution in [1.29, 1.82) is 0 Å². The molecule has 1 aromatic heterocycles. The summed E-state index contributed by atoms with van der Waals surface area (Å²) >= 11 is 0. The number of nitrogens with one attached hydrogen (secondary N) is 2. The molecule has 0 bridgehead atoms. The molecule has 1 aromatic carbocycles. The number of amides is 1. The van der Waals surface area contributed by atoms with Crippen molar-refractivity contribution in [2.45, 2.75) is 31.7 Å². The Balaban J connectivity index is 2.13. The van der Waals surface area contributed by atoms with Crippen LogP contribution in [0.15, 0.2) is 39.8 Å². The summed E-state index contributed by atoms with van der Waals surface area (Å²) in [4.78, 5) is 12.1. The number of aromatic nitrogens is 1. The Morgan fingerprint density at radius 3 is 2.36 bits per heavy atom. The van der Waals surface area contributed by atoms with E-state index in [2.05, 4.69) is 15.2 Å². The van der Waals surface area contributed by atoms with Crippen LogP contribution in [0, 0.1) is 6.92 Å². The van der Waals surface area contributed by atoms with Gasteiger partial charge in [0.05, 0.1) is 4.90 Å². The molecule has 118 valence electrons. The molecule has 2 aromatic rings. The van der Waals surface area contributed by atoms with Crippen molar-refractivity contribution < 1.29 is 17.7 Å². The van der Waals surface area contributed by atoms with Crippen molar-refractivity contribution in [3.05, 3.63) is 41.7 Å². The predicted octanol–water partition coefficient (Wildman–Crippen LogP) is 1.92. The number of hydrogen-bond donors (Lipinski definition) is 2. The maximum absolute atomic E-state index is 12.0. The van der Waals surface area contributed by atoms with Crippen LogP contribution in [0.2, 0.25) is 0 Å². The van der Waals surface area contributed by atoms with Gasteiger partial charge in [0, 0.05) is 17.7 Å². The second-order valence-electron chi connectivity index (χ2n) is 5.08. The van der Waals surface area contributed by atoms with E-state index in [0.29, 0.717) is 17.1 Å². The lowest BCUT2D eigenvalue weighted by molar-refractivity contribution is 0.102. The van der Waals surface area contributed by atoms with Crippen molar-refractivity contribution in [1.82, 2.24) is 9.88 Å². The Kier molecular flexibility index (Phi) is 4.62. The highest BCUT2D eigenvalue weighted by atomic mass is 32.2. The third-order valence-electron chi connectivity index (χ3n) is 2.69. The summed E-state index contributed by atoms with van der Waals surface area (Å²) in [5.41, 5.74) is 0.323. The average Bonchev–Trinajstić information content (AvgIpc) is 2.83. The number of anilines is 1. The second-order valence-corrected chi connectivity index (χ2v) is 6.79. The topological polar surface area (TPSA) is 101 Å². The number of sulfonamides is 1. The summed E-state index contributed by atoms with van der Waals surface area (Å²) < 4.78 is 31.3. The molecule has 0 spiro atoms. The summed E-state index contributed by atoms with van der Waals surface area (Å²) in [6.07, 6.45) is 0. The highest BCUT2D eigenvalue weighted by molar-refractivity contribution is 7.89. The Morgan fingerprint density at radius 2 is 1.86 bits per heavy atom. The van der Waals surface area contributed by atoms with Crippen molar-refractivity contribution in [3.8, 4) is 0 Å². The summed E-state index contributed by atoms with van der Waals surface area (Å²) in [6, 6.07) is 7.03. The van der Waals surface area contributed by atoms with E-state index in [4.69, 9.17) is 4.52 Å². The third kappa shape index (κ3) is 3.92. The fourth-order valence-electron chi connectivity index (χ4n) is 1.78. The number of carbonyl (C=O) groups is 1. The lowest BCUT2D eigenvalue weighted by atomic mass is 10.2. The van der Waals surface area contributed by atoms with E-state index < -0.39 is 15.9 Å². The summed E-state index contributed by atoms with van der Waals surface area (Å²) in [6.45, 7) is 5.18. The zero-order chi connectivity index (χ0) is 16.3. The first-order valence-electron chi connectivity index (χ1n) is 6.65. The van der Waals surface area contributed by atoms with Gasteiger partial charge in [0.2, 0.25) is 10.0 Å². The molecular weight excluding hydrogens is 306 g/mol. The molecule has 0 unspecified atom stereocenters. The predicted molar refractivity (Wildman–Crippen MR) is 81.1 cm³/mol. The first kappa shape index (κ1) is 16.2. The number of carbonyl (C=O) groups excluding carboxylic acids is 1. The standard InChI is InChI=1S/C14H17N3O4S/c1-9(2)17-22(19,20)12-6-4-11(5-7-12)14(18)15-13-8-10(3)21-16-13/h4-9,17H,1-3H3,(H,15,16,18). The molecule has 0 saturated heterocycles. The maximum Gasteiger partial charge on any atom is 0.256 e. The van der Waals surface area contributed by atoms with Gasteiger partial charge in [0.15, 0.2) is 5.82 Å². The van der Waals surface area contributed by atoms with Crippen LogP contribution >= 0.6 is 0 Å². The lowest BCUT2D eigenvalue weighted by Gasteiger charge is -2.09. The molecule has 2 N–H and O–H groups in total. The molecule has 0 saturated carbocycles. The lowest BCUT2D eigenvalue weighted by Crippen LogP contribution is -2.30. The Hall–Kier alpha value is -2.19. The van der Waals surface area contributed by atoms with Gasteiger partial charge in [0.1, 0.15) is 5.76 Å². The van der Waals surface area contributed by atoms with Crippen LogP contribution in [-0.2, 0) is 10.0 Å². The smallest absolute Gasteiger partial charge is 0.256 e. The number of hydrogen-bond acceptors (Lipinski definition) is 5. The molecule has 0 radical (unpaired) electrons. The normalized spacial score (nSPS) is 11.6. The first-order chi connectivity index (χ1) is 10.3. The Bertz CT molecular complexity index is 764. The van der Waals surface area contributed by atoms with Gasteiger partial charge in [-0.1, -0.05) is 5.16 Å². The van der Waals surface area contributed by atoms with E-state index in [1.165, 1.54) is 24.3 Å². The molecule has 8 heteroatoms. The third-order valence-corrected chi connectivity index (χ3v) is 4.36. The largest absolute Gasteiger partial charge is 0.360 e. The highest BCUT2D eigenvalue weighted by Crippen LogP contribution is 2.13. The van der Waals surface area contributed by atoms with Crippen molar-refractivity contribution in [3.63, 3.8) is 0 Å². The summed E-state index contributed by atoms with van der Waals surface area (Å²) in [7, 11) is -3.57. The first-order valence-corrected chi connectivity index (χ1v) is 8.13. The molecule has 0 aliphatic carbocycles. The van der Waals surface area contributed by atoms with Gasteiger partial charge in [-0.2, -0.15) is 0 Å². The van der Waals surface area contributed by atoms with Gasteiger partial charge in [0.25, 0.3) is 5.91 Å². The Morgan fingerprint density at radius 1 is 1.23 bits per heavy atom. The van der Waals surface area contributed by atoms with Crippen LogP contribution in [-0.4, -0.2) is 25.5 Å². The van der Waals surface area contributed by atoms with Crippen molar-refractivity contribution in [2.24, 2.45) is 0 Å². The fourth-order valence-corrected chi connectivity index (χ4v) is 3.03. The molecule has 0 atom stereocenters. The van der Waals surface area contributed by atoms with Crippen LogP contribution in [0.3, 0.4) is 0 Å². The molecule has 0 aliphatic rings.